The fourth-order valence-corrected chi connectivity index (χ4v) is 0. The van der Waals surface area contributed by atoms with E-state index in [4.69, 9.17) is 4.79 Å². The highest BCUT2D eigenvalue weighted by Gasteiger charge is 1.76. The van der Waals surface area contributed by atoms with E-state index in [0.29, 0.717) is 0 Å². The summed E-state index contributed by atoms with van der Waals surface area (Å²) in [6, 6.07) is 0. The van der Waals surface area contributed by atoms with Crippen molar-refractivity contribution in [2.75, 3.05) is 0 Å². The van der Waals surface area contributed by atoms with Crippen molar-refractivity contribution in [2.45, 2.75) is 0 Å². The third-order valence-electron chi connectivity index (χ3n) is 0.116. The lowest BCUT2D eigenvalue weighted by molar-refractivity contribution is -0.124. The van der Waals surface area contributed by atoms with Crippen LogP contribution in [-0.4, -0.2) is 11.8 Å². The summed E-state index contributed by atoms with van der Waals surface area (Å²) in [5, 5.41) is 0. The van der Waals surface area contributed by atoms with Crippen LogP contribution < -0.4 is 0 Å². The van der Waals surface area contributed by atoms with Crippen LogP contribution in [0.3, 0.4) is 0 Å². The smallest absolute Gasteiger partial charge is 0.210 e. The molecule has 2 nitrogen and oxygen atoms in total. The van der Waals surface area contributed by atoms with E-state index in [1.165, 1.54) is 0 Å². The Labute approximate surface area is 31.8 Å². The van der Waals surface area contributed by atoms with Crippen LogP contribution in [0.25, 0.3) is 0 Å². The van der Waals surface area contributed by atoms with Crippen LogP contribution in [0.1, 0.15) is 0 Å². The molecule has 1 unspecified atom stereocenters. The van der Waals surface area contributed by atoms with Gasteiger partial charge >= 0.3 is 0 Å². The molecule has 0 fully saturated rings. The average molecular weight is 90.0 g/mol. The van der Waals surface area contributed by atoms with Gasteiger partial charge in [0.15, 0.2) is 6.29 Å². The Hall–Kier alpha value is -0.230. The largest absolute Gasteiger partial charge is 0.294 e. The Balaban J connectivity index is 3.20. The van der Waals surface area contributed by atoms with Gasteiger partial charge in [-0.15, -0.1) is 0 Å². The van der Waals surface area contributed by atoms with Gasteiger partial charge in [-0.3, -0.25) is 9.59 Å². The van der Waals surface area contributed by atoms with Crippen LogP contribution in [0.5, 0.6) is 0 Å². The summed E-state index contributed by atoms with van der Waals surface area (Å²) in [5.74, 6) is 0. The third kappa shape index (κ3) is 3.77. The van der Waals surface area contributed by atoms with Crippen molar-refractivity contribution in [3.63, 3.8) is 0 Å². The molecule has 0 amide bonds. The summed E-state index contributed by atoms with van der Waals surface area (Å²) in [6.45, 7) is 0. The van der Waals surface area contributed by atoms with Gasteiger partial charge in [0.05, 0.1) is 0 Å². The zero-order valence-corrected chi connectivity index (χ0v) is 3.63. The molecular formula is C2H3O2P. The summed E-state index contributed by atoms with van der Waals surface area (Å²) >= 11 is 0. The predicted molar refractivity (Wildman–Crippen MR) is 20.8 cm³/mol. The summed E-state index contributed by atoms with van der Waals surface area (Å²) in [7, 11) is 1.73. The van der Waals surface area contributed by atoms with Crippen LogP contribution in [0.2, 0.25) is 0 Å². The normalized spacial score (nSPS) is 6.60. The van der Waals surface area contributed by atoms with E-state index in [2.05, 4.69) is 0 Å². The van der Waals surface area contributed by atoms with Crippen molar-refractivity contribution >= 4 is 21.1 Å². The molecule has 0 saturated carbocycles. The topological polar surface area (TPSA) is 34.1 Å². The highest BCUT2D eigenvalue weighted by atomic mass is 31.0. The van der Waals surface area contributed by atoms with Gasteiger partial charge in [-0.2, -0.15) is 0 Å². The van der Waals surface area contributed by atoms with Crippen molar-refractivity contribution in [3.8, 4) is 0 Å². The Morgan fingerprint density at radius 2 is 2.00 bits per heavy atom. The molecule has 0 aliphatic carbocycles. The Kier molecular flexibility index (Phi) is 1.94. The van der Waals surface area contributed by atoms with Crippen LogP contribution in [0.15, 0.2) is 0 Å². The Morgan fingerprint density at radius 1 is 1.80 bits per heavy atom. The van der Waals surface area contributed by atoms with Crippen LogP contribution >= 0.6 is 9.24 Å². The number of carbonyl (C=O) groups excluding carboxylic acids is 2. The Morgan fingerprint density at radius 3 is 2.00 bits per heavy atom. The lowest BCUT2D eigenvalue weighted by Gasteiger charge is -1.57. The minimum Gasteiger partial charge on any atom is -0.294 e. The predicted octanol–water partition coefficient (Wildman–Crippen LogP) is -0.413. The molecule has 0 spiro atoms. The molecule has 0 aromatic heterocycles. The molecule has 0 aromatic rings. The Bertz CT molecular complexity index is 58.7. The molecule has 0 aliphatic heterocycles. The first kappa shape index (κ1) is 4.77. The molecule has 1 atom stereocenters. The van der Waals surface area contributed by atoms with Gasteiger partial charge in [-0.1, -0.05) is 9.24 Å². The van der Waals surface area contributed by atoms with E-state index in [-0.39, 0.29) is 6.29 Å². The fourth-order valence-electron chi connectivity index (χ4n) is 0. The number of hydrogen-bond donors (Lipinski definition) is 0. The first-order valence-electron chi connectivity index (χ1n) is 1.02. The lowest BCUT2D eigenvalue weighted by Crippen LogP contribution is -1.79. The maximum Gasteiger partial charge on any atom is 0.210 e. The van der Waals surface area contributed by atoms with Gasteiger partial charge in [0.2, 0.25) is 5.52 Å². The van der Waals surface area contributed by atoms with Gasteiger partial charge in [-0.25, -0.2) is 0 Å². The molecule has 0 aromatic carbocycles. The summed E-state index contributed by atoms with van der Waals surface area (Å²) in [6.07, 6.45) is 0.241. The van der Waals surface area contributed by atoms with Gasteiger partial charge in [0, 0.05) is 0 Å². The molecule has 0 aliphatic rings. The highest BCUT2D eigenvalue weighted by molar-refractivity contribution is 7.44. The summed E-state index contributed by atoms with van der Waals surface area (Å²) in [4.78, 5) is 18.5. The molecule has 3 heteroatoms. The number of hydrogen-bond acceptors (Lipinski definition) is 2. The van der Waals surface area contributed by atoms with Crippen molar-refractivity contribution in [2.24, 2.45) is 0 Å². The van der Waals surface area contributed by atoms with Gasteiger partial charge in [0.1, 0.15) is 0 Å². The molecule has 0 bridgehead atoms. The molecule has 0 rings (SSSR count). The van der Waals surface area contributed by atoms with E-state index in [1.807, 2.05) is 0 Å². The maximum absolute atomic E-state index is 9.41. The first-order valence-corrected chi connectivity index (χ1v) is 1.59. The third-order valence-corrected chi connectivity index (χ3v) is 0.252. The molecule has 0 N–H and O–H groups in total. The second-order valence-corrected chi connectivity index (χ2v) is 1.09. The SMILES string of the molecule is O=CC(=O)P. The zero-order valence-electron chi connectivity index (χ0n) is 2.47. The second kappa shape index (κ2) is 2.04. The molecule has 0 radical (unpaired) electrons. The molecule has 28 valence electrons. The van der Waals surface area contributed by atoms with Gasteiger partial charge < -0.3 is 0 Å². The highest BCUT2D eigenvalue weighted by Crippen LogP contribution is 1.73. The van der Waals surface area contributed by atoms with Crippen LogP contribution in [0, 0.1) is 0 Å². The van der Waals surface area contributed by atoms with E-state index < -0.39 is 5.52 Å². The second-order valence-electron chi connectivity index (χ2n) is 0.520. The zero-order chi connectivity index (χ0) is 4.28. The molecule has 0 heterocycles. The van der Waals surface area contributed by atoms with Crippen molar-refractivity contribution in [3.05, 3.63) is 0 Å². The van der Waals surface area contributed by atoms with E-state index in [0.717, 1.165) is 0 Å². The van der Waals surface area contributed by atoms with Crippen molar-refractivity contribution in [1.82, 2.24) is 0 Å². The number of rotatable bonds is 1. The average Bonchev–Trinajstić information content (AvgIpc) is 1.38. The van der Waals surface area contributed by atoms with Crippen LogP contribution in [-0.2, 0) is 9.59 Å². The number of carbonyl (C=O) groups is 2. The van der Waals surface area contributed by atoms with E-state index in [9.17, 15) is 4.79 Å². The quantitative estimate of drug-likeness (QED) is 0.249. The minimum atomic E-state index is -0.509. The lowest BCUT2D eigenvalue weighted by atomic mass is 10.9. The van der Waals surface area contributed by atoms with Crippen LogP contribution in [0.4, 0.5) is 0 Å². The monoisotopic (exact) mass is 90.0 g/mol. The maximum atomic E-state index is 9.41. The van der Waals surface area contributed by atoms with Crippen molar-refractivity contribution < 1.29 is 9.59 Å². The van der Waals surface area contributed by atoms with Gasteiger partial charge in [0.25, 0.3) is 0 Å². The number of aldehydes is 1. The standard InChI is InChI=1S/C2H3O2P/c3-1-2(4)5/h1H,5H2. The fraction of sp³-hybridized carbons (Fsp3) is 0. The van der Waals surface area contributed by atoms with E-state index >= 15 is 0 Å². The van der Waals surface area contributed by atoms with Crippen molar-refractivity contribution in [1.29, 1.82) is 0 Å². The summed E-state index contributed by atoms with van der Waals surface area (Å²) in [5.41, 5.74) is -0.509. The molecular weight excluding hydrogens is 87.0 g/mol. The molecule has 5 heavy (non-hydrogen) atoms. The van der Waals surface area contributed by atoms with E-state index in [1.54, 1.807) is 9.24 Å². The van der Waals surface area contributed by atoms with Gasteiger partial charge in [-0.05, 0) is 0 Å². The minimum absolute atomic E-state index is 0.241. The summed E-state index contributed by atoms with van der Waals surface area (Å²) < 4.78 is 0. The molecule has 0 saturated heterocycles. The first-order chi connectivity index (χ1) is 2.27.